The molecule has 3 rings (SSSR count). The molecule has 8 nitrogen and oxygen atoms in total. The smallest absolute Gasteiger partial charge is 0.406 e. The highest BCUT2D eigenvalue weighted by atomic mass is 32.2. The number of fused-ring (bicyclic) bond motifs is 1. The van der Waals surface area contributed by atoms with Gasteiger partial charge in [-0.05, 0) is 37.1 Å². The molecule has 2 aliphatic heterocycles. The maximum absolute atomic E-state index is 12.2. The number of ether oxygens (including phenoxy) is 1. The second-order valence-corrected chi connectivity index (χ2v) is 9.25. The van der Waals surface area contributed by atoms with Crippen molar-refractivity contribution >= 4 is 27.5 Å². The van der Waals surface area contributed by atoms with E-state index in [0.29, 0.717) is 24.9 Å². The van der Waals surface area contributed by atoms with E-state index in [-0.39, 0.29) is 29.9 Å². The Morgan fingerprint density at radius 2 is 1.86 bits per heavy atom. The Morgan fingerprint density at radius 3 is 2.52 bits per heavy atom. The minimum absolute atomic E-state index is 0.0877. The number of amides is 3. The molecule has 1 aromatic rings. The zero-order valence-electron chi connectivity index (χ0n) is 15.2. The van der Waals surface area contributed by atoms with Gasteiger partial charge in [-0.2, -0.15) is 0 Å². The van der Waals surface area contributed by atoms with Crippen molar-refractivity contribution in [2.75, 3.05) is 11.1 Å². The zero-order valence-corrected chi connectivity index (χ0v) is 16.0. The monoisotopic (exact) mass is 435 g/mol. The molecule has 29 heavy (non-hydrogen) atoms. The van der Waals surface area contributed by atoms with Crippen LogP contribution < -0.4 is 20.7 Å². The Bertz CT molecular complexity index is 873. The van der Waals surface area contributed by atoms with Gasteiger partial charge >= 0.3 is 12.4 Å². The molecule has 0 spiro atoms. The highest BCUT2D eigenvalue weighted by Crippen LogP contribution is 2.28. The number of sulfone groups is 1. The quantitative estimate of drug-likeness (QED) is 0.447. The van der Waals surface area contributed by atoms with Crippen molar-refractivity contribution in [3.8, 4) is 5.75 Å². The first-order valence-electron chi connectivity index (χ1n) is 8.98. The minimum atomic E-state index is -4.78. The van der Waals surface area contributed by atoms with Crippen LogP contribution in [0.1, 0.15) is 25.7 Å². The average Bonchev–Trinajstić information content (AvgIpc) is 3.04. The van der Waals surface area contributed by atoms with Crippen molar-refractivity contribution in [3.05, 3.63) is 24.3 Å². The lowest BCUT2D eigenvalue weighted by molar-refractivity contribution is -0.274. The molecule has 0 saturated carbocycles. The number of hydrogen-bond donors (Lipinski definition) is 3. The fourth-order valence-electron chi connectivity index (χ4n) is 3.60. The third-order valence-electron chi connectivity index (χ3n) is 4.84. The van der Waals surface area contributed by atoms with E-state index >= 15 is 0 Å². The van der Waals surface area contributed by atoms with Crippen molar-refractivity contribution in [1.29, 1.82) is 0 Å². The number of nitrogens with one attached hydrogen (secondary N) is 3. The Morgan fingerprint density at radius 1 is 1.17 bits per heavy atom. The summed E-state index contributed by atoms with van der Waals surface area (Å²) in [6, 6.07) is 3.54. The predicted molar refractivity (Wildman–Crippen MR) is 97.0 cm³/mol. The van der Waals surface area contributed by atoms with Gasteiger partial charge in [0.25, 0.3) is 0 Å². The molecule has 12 heteroatoms. The van der Waals surface area contributed by atoms with Crippen molar-refractivity contribution in [2.24, 2.45) is 0 Å². The summed E-state index contributed by atoms with van der Waals surface area (Å²) < 4.78 is 64.5. The lowest BCUT2D eigenvalue weighted by atomic mass is 10.0. The normalized spacial score (nSPS) is 25.1. The molecule has 3 atom stereocenters. The molecule has 0 aliphatic carbocycles. The zero-order chi connectivity index (χ0) is 21.2. The Labute approximate surface area is 165 Å². The van der Waals surface area contributed by atoms with Crippen LogP contribution in [0.2, 0.25) is 0 Å². The summed E-state index contributed by atoms with van der Waals surface area (Å²) in [7, 11) is -3.31. The number of halogens is 3. The van der Waals surface area contributed by atoms with E-state index in [1.165, 1.54) is 12.1 Å². The summed E-state index contributed by atoms with van der Waals surface area (Å²) in [5, 5.41) is 7.11. The molecular formula is C17H20F3N3O5S. The molecule has 2 aliphatic rings. The molecule has 1 aromatic carbocycles. The summed E-state index contributed by atoms with van der Waals surface area (Å²) >= 11 is 0. The van der Waals surface area contributed by atoms with Gasteiger partial charge in [0.2, 0.25) is 5.91 Å². The summed E-state index contributed by atoms with van der Waals surface area (Å²) in [6.07, 6.45) is -3.40. The van der Waals surface area contributed by atoms with Gasteiger partial charge in [0.05, 0.1) is 23.1 Å². The van der Waals surface area contributed by atoms with Gasteiger partial charge in [0.15, 0.2) is 9.84 Å². The molecule has 3 amide bonds. The summed E-state index contributed by atoms with van der Waals surface area (Å²) in [6.45, 7) is 0. The van der Waals surface area contributed by atoms with Crippen LogP contribution in [0.4, 0.5) is 23.7 Å². The Balaban J connectivity index is 1.41. The molecule has 2 fully saturated rings. The van der Waals surface area contributed by atoms with E-state index in [1.807, 2.05) is 0 Å². The van der Waals surface area contributed by atoms with Crippen molar-refractivity contribution < 1.29 is 35.9 Å². The van der Waals surface area contributed by atoms with Crippen LogP contribution in [-0.2, 0) is 14.6 Å². The molecule has 0 unspecified atom stereocenters. The predicted octanol–water partition coefficient (Wildman–Crippen LogP) is 1.93. The van der Waals surface area contributed by atoms with E-state index in [0.717, 1.165) is 12.1 Å². The van der Waals surface area contributed by atoms with Gasteiger partial charge < -0.3 is 20.7 Å². The number of alkyl halides is 3. The Kier molecular flexibility index (Phi) is 5.92. The molecule has 0 aromatic heterocycles. The molecule has 0 bridgehead atoms. The molecule has 0 radical (unpaired) electrons. The van der Waals surface area contributed by atoms with Gasteiger partial charge in [-0.1, -0.05) is 6.42 Å². The number of unbranched alkanes of at least 4 members (excludes halogenated alkanes) is 1. The summed E-state index contributed by atoms with van der Waals surface area (Å²) in [5.74, 6) is -0.812. The SMILES string of the molecule is O=C(CCCC[C@@H]1[C@H]2NC(=O)N[C@@H]2CS1(=O)=O)Nc1ccc(OC(F)(F)F)cc1. The molecule has 2 saturated heterocycles. The molecule has 2 heterocycles. The van der Waals surface area contributed by atoms with Crippen LogP contribution in [0, 0.1) is 0 Å². The first kappa shape index (κ1) is 21.2. The second kappa shape index (κ2) is 8.09. The van der Waals surface area contributed by atoms with Gasteiger partial charge in [-0.25, -0.2) is 13.2 Å². The topological polar surface area (TPSA) is 114 Å². The second-order valence-electron chi connectivity index (χ2n) is 6.98. The van der Waals surface area contributed by atoms with Crippen LogP contribution >= 0.6 is 0 Å². The number of carbonyl (C=O) groups excluding carboxylic acids is 2. The van der Waals surface area contributed by atoms with E-state index in [4.69, 9.17) is 0 Å². The average molecular weight is 435 g/mol. The maximum atomic E-state index is 12.2. The third-order valence-corrected chi connectivity index (χ3v) is 7.11. The van der Waals surface area contributed by atoms with Crippen LogP contribution in [0.5, 0.6) is 5.75 Å². The van der Waals surface area contributed by atoms with Crippen LogP contribution in [0.25, 0.3) is 0 Å². The van der Waals surface area contributed by atoms with Gasteiger partial charge in [-0.3, -0.25) is 4.79 Å². The van der Waals surface area contributed by atoms with Crippen LogP contribution in [0.15, 0.2) is 24.3 Å². The van der Waals surface area contributed by atoms with E-state index in [2.05, 4.69) is 20.7 Å². The van der Waals surface area contributed by atoms with Gasteiger partial charge in [0, 0.05) is 12.1 Å². The van der Waals surface area contributed by atoms with Crippen LogP contribution in [0.3, 0.4) is 0 Å². The number of anilines is 1. The van der Waals surface area contributed by atoms with E-state index in [1.54, 1.807) is 0 Å². The number of carbonyl (C=O) groups is 2. The lowest BCUT2D eigenvalue weighted by Crippen LogP contribution is -2.39. The maximum Gasteiger partial charge on any atom is 0.573 e. The molecule has 3 N–H and O–H groups in total. The summed E-state index contributed by atoms with van der Waals surface area (Å²) in [5.41, 5.74) is 0.325. The first-order chi connectivity index (χ1) is 13.5. The number of urea groups is 1. The van der Waals surface area contributed by atoms with Crippen molar-refractivity contribution in [1.82, 2.24) is 10.6 Å². The molecule has 160 valence electrons. The lowest BCUT2D eigenvalue weighted by Gasteiger charge is -2.16. The minimum Gasteiger partial charge on any atom is -0.406 e. The fourth-order valence-corrected chi connectivity index (χ4v) is 5.87. The largest absolute Gasteiger partial charge is 0.573 e. The highest BCUT2D eigenvalue weighted by Gasteiger charge is 2.51. The molecular weight excluding hydrogens is 415 g/mol. The summed E-state index contributed by atoms with van der Waals surface area (Å²) in [4.78, 5) is 23.3. The van der Waals surface area contributed by atoms with Gasteiger partial charge in [-0.15, -0.1) is 13.2 Å². The van der Waals surface area contributed by atoms with Crippen molar-refractivity contribution in [3.63, 3.8) is 0 Å². The number of hydrogen-bond acceptors (Lipinski definition) is 5. The fraction of sp³-hybridized carbons (Fsp3) is 0.529. The van der Waals surface area contributed by atoms with E-state index in [9.17, 15) is 31.2 Å². The Hall–Kier alpha value is -2.50. The van der Waals surface area contributed by atoms with Gasteiger partial charge in [0.1, 0.15) is 5.75 Å². The first-order valence-corrected chi connectivity index (χ1v) is 10.7. The third kappa shape index (κ3) is 5.52. The van der Waals surface area contributed by atoms with E-state index < -0.39 is 33.5 Å². The number of benzene rings is 1. The number of rotatable bonds is 7. The highest BCUT2D eigenvalue weighted by molar-refractivity contribution is 7.92. The van der Waals surface area contributed by atoms with Crippen LogP contribution in [-0.4, -0.2) is 49.8 Å². The van der Waals surface area contributed by atoms with Crippen molar-refractivity contribution in [2.45, 2.75) is 49.4 Å². The standard InChI is InChI=1S/C17H20F3N3O5S/c18-17(19,20)28-11-7-5-10(6-8-11)21-14(24)4-2-1-3-13-15-12(9-29(13,26)27)22-16(25)23-15/h5-8,12-13,15H,1-4,9H2,(H,21,24)(H2,22,23,25)/t12-,13-,15+/m1/s1.